The van der Waals surface area contributed by atoms with Gasteiger partial charge in [0.05, 0.1) is 12.8 Å². The topological polar surface area (TPSA) is 91.4 Å². The first-order chi connectivity index (χ1) is 10.1. The van der Waals surface area contributed by atoms with Crippen LogP contribution in [0.4, 0.5) is 9.93 Å². The number of hydrogen-bond acceptors (Lipinski definition) is 6. The molecule has 1 aromatic carbocycles. The second-order valence-electron chi connectivity index (χ2n) is 3.91. The summed E-state index contributed by atoms with van der Waals surface area (Å²) in [5, 5.41) is 13.3. The molecule has 21 heavy (non-hydrogen) atoms. The van der Waals surface area contributed by atoms with Crippen molar-refractivity contribution in [3.05, 3.63) is 33.8 Å². The van der Waals surface area contributed by atoms with Crippen LogP contribution in [0, 0.1) is 3.95 Å². The molecule has 0 aliphatic heterocycles. The highest BCUT2D eigenvalue weighted by Crippen LogP contribution is 2.12. The maximum Gasteiger partial charge on any atom is 0.341 e. The Labute approximate surface area is 130 Å². The van der Waals surface area contributed by atoms with Crippen LogP contribution in [0.1, 0.15) is 12.5 Å². The quantitative estimate of drug-likeness (QED) is 0.458. The fourth-order valence-electron chi connectivity index (χ4n) is 1.44. The number of nitrogens with zero attached hydrogens (tertiary/aromatic N) is 2. The summed E-state index contributed by atoms with van der Waals surface area (Å²) in [6.45, 7) is 1.79. The van der Waals surface area contributed by atoms with E-state index in [0.717, 1.165) is 22.6 Å². The number of urea groups is 1. The first-order valence-electron chi connectivity index (χ1n) is 5.89. The maximum absolute atomic E-state index is 11.6. The smallest absolute Gasteiger partial charge is 0.341 e. The standard InChI is InChI=1S/C12H13N5O2S2/c1-7(8-3-5-9(19-2)6-4-8)14-15-10(18)13-11-16-17-12(20)21-11/h3-6H,1-2H3,(H,17,20)(H2,13,15,16,18)/b14-7+. The molecule has 0 aliphatic rings. The Morgan fingerprint density at radius 1 is 1.43 bits per heavy atom. The molecule has 0 radical (unpaired) electrons. The van der Waals surface area contributed by atoms with Crippen LogP contribution in [-0.4, -0.2) is 29.0 Å². The molecule has 2 amide bonds. The summed E-state index contributed by atoms with van der Waals surface area (Å²) in [6.07, 6.45) is 0. The van der Waals surface area contributed by atoms with Gasteiger partial charge < -0.3 is 4.74 Å². The SMILES string of the molecule is COc1ccc(/C(C)=N/NC(=O)Nc2n[nH]c(=S)s2)cc1. The lowest BCUT2D eigenvalue weighted by molar-refractivity contribution is 0.252. The van der Waals surface area contributed by atoms with Gasteiger partial charge in [0.25, 0.3) is 0 Å². The normalized spacial score (nSPS) is 11.0. The van der Waals surface area contributed by atoms with Gasteiger partial charge in [0.2, 0.25) is 5.13 Å². The molecule has 110 valence electrons. The third-order valence-electron chi connectivity index (χ3n) is 2.49. The third-order valence-corrected chi connectivity index (χ3v) is 3.50. The van der Waals surface area contributed by atoms with Crippen molar-refractivity contribution in [3.63, 3.8) is 0 Å². The molecule has 0 fully saturated rings. The van der Waals surface area contributed by atoms with E-state index in [2.05, 4.69) is 26.0 Å². The van der Waals surface area contributed by atoms with Crippen molar-refractivity contribution >= 4 is 40.4 Å². The van der Waals surface area contributed by atoms with Gasteiger partial charge in [-0.2, -0.15) is 5.10 Å². The molecule has 0 aliphatic carbocycles. The van der Waals surface area contributed by atoms with Crippen molar-refractivity contribution in [2.24, 2.45) is 5.10 Å². The predicted molar refractivity (Wildman–Crippen MR) is 84.7 cm³/mol. The Kier molecular flexibility index (Phi) is 5.01. The molecular formula is C12H13N5O2S2. The van der Waals surface area contributed by atoms with E-state index >= 15 is 0 Å². The molecule has 0 unspecified atom stereocenters. The maximum atomic E-state index is 11.6. The second-order valence-corrected chi connectivity index (χ2v) is 5.58. The monoisotopic (exact) mass is 323 g/mol. The van der Waals surface area contributed by atoms with Crippen LogP contribution in [0.25, 0.3) is 0 Å². The van der Waals surface area contributed by atoms with E-state index in [0.29, 0.717) is 14.8 Å². The zero-order valence-corrected chi connectivity index (χ0v) is 13.0. The molecule has 0 atom stereocenters. The number of nitrogens with one attached hydrogen (secondary N) is 3. The Morgan fingerprint density at radius 3 is 2.71 bits per heavy atom. The predicted octanol–water partition coefficient (Wildman–Crippen LogP) is 2.75. The minimum Gasteiger partial charge on any atom is -0.497 e. The molecule has 0 bridgehead atoms. The number of methoxy groups -OCH3 is 1. The number of carbonyl (C=O) groups is 1. The number of aromatic nitrogens is 2. The van der Waals surface area contributed by atoms with Gasteiger partial charge in [-0.05, 0) is 49.0 Å². The summed E-state index contributed by atoms with van der Waals surface area (Å²) in [4.78, 5) is 11.6. The van der Waals surface area contributed by atoms with Crippen molar-refractivity contribution in [3.8, 4) is 5.75 Å². The molecular weight excluding hydrogens is 310 g/mol. The molecule has 9 heteroatoms. The number of hydrogen-bond donors (Lipinski definition) is 3. The largest absolute Gasteiger partial charge is 0.497 e. The lowest BCUT2D eigenvalue weighted by Gasteiger charge is -2.04. The molecule has 0 spiro atoms. The summed E-state index contributed by atoms with van der Waals surface area (Å²) >= 11 is 6.03. The zero-order chi connectivity index (χ0) is 15.2. The van der Waals surface area contributed by atoms with E-state index in [4.69, 9.17) is 17.0 Å². The Balaban J connectivity index is 1.95. The van der Waals surface area contributed by atoms with Crippen molar-refractivity contribution in [1.82, 2.24) is 15.6 Å². The van der Waals surface area contributed by atoms with Crippen LogP contribution in [0.3, 0.4) is 0 Å². The van der Waals surface area contributed by atoms with E-state index < -0.39 is 6.03 Å². The molecule has 2 rings (SSSR count). The van der Waals surface area contributed by atoms with Crippen molar-refractivity contribution < 1.29 is 9.53 Å². The number of benzene rings is 1. The second kappa shape index (κ2) is 6.95. The zero-order valence-electron chi connectivity index (χ0n) is 11.3. The molecule has 0 saturated heterocycles. The van der Waals surface area contributed by atoms with Crippen LogP contribution in [0.5, 0.6) is 5.75 Å². The van der Waals surface area contributed by atoms with Crippen molar-refractivity contribution in [2.45, 2.75) is 6.92 Å². The molecule has 0 saturated carbocycles. The van der Waals surface area contributed by atoms with Crippen molar-refractivity contribution in [1.29, 1.82) is 0 Å². The van der Waals surface area contributed by atoms with Crippen LogP contribution < -0.4 is 15.5 Å². The lowest BCUT2D eigenvalue weighted by Crippen LogP contribution is -2.25. The van der Waals surface area contributed by atoms with Gasteiger partial charge in [0, 0.05) is 0 Å². The van der Waals surface area contributed by atoms with Gasteiger partial charge in [-0.3, -0.25) is 10.4 Å². The Hall–Kier alpha value is -2.26. The highest BCUT2D eigenvalue weighted by atomic mass is 32.1. The molecule has 7 nitrogen and oxygen atoms in total. The minimum atomic E-state index is -0.486. The fraction of sp³-hybridized carbons (Fsp3) is 0.167. The van der Waals surface area contributed by atoms with Crippen LogP contribution in [0.15, 0.2) is 29.4 Å². The van der Waals surface area contributed by atoms with E-state index in [1.165, 1.54) is 0 Å². The Bertz CT molecular complexity index is 705. The van der Waals surface area contributed by atoms with Crippen LogP contribution >= 0.6 is 23.6 Å². The van der Waals surface area contributed by atoms with Gasteiger partial charge in [0.1, 0.15) is 5.75 Å². The number of anilines is 1. The van der Waals surface area contributed by atoms with Gasteiger partial charge in [-0.1, -0.05) is 11.3 Å². The first-order valence-corrected chi connectivity index (χ1v) is 7.12. The number of aromatic amines is 1. The van der Waals surface area contributed by atoms with Gasteiger partial charge >= 0.3 is 6.03 Å². The summed E-state index contributed by atoms with van der Waals surface area (Å²) in [7, 11) is 1.60. The number of rotatable bonds is 4. The number of H-pyrrole nitrogens is 1. The molecule has 2 aromatic rings. The van der Waals surface area contributed by atoms with Crippen molar-refractivity contribution in [2.75, 3.05) is 12.4 Å². The number of ether oxygens (including phenoxy) is 1. The van der Waals surface area contributed by atoms with Crippen LogP contribution in [-0.2, 0) is 0 Å². The summed E-state index contributed by atoms with van der Waals surface area (Å²) in [5.41, 5.74) is 3.94. The molecule has 3 N–H and O–H groups in total. The average Bonchev–Trinajstić information content (AvgIpc) is 2.90. The van der Waals surface area contributed by atoms with E-state index in [9.17, 15) is 4.79 Å². The van der Waals surface area contributed by atoms with Crippen LogP contribution in [0.2, 0.25) is 0 Å². The average molecular weight is 323 g/mol. The van der Waals surface area contributed by atoms with Gasteiger partial charge in [0.15, 0.2) is 3.95 Å². The van der Waals surface area contributed by atoms with E-state index in [1.54, 1.807) is 14.0 Å². The molecule has 1 heterocycles. The summed E-state index contributed by atoms with van der Waals surface area (Å²) in [6, 6.07) is 6.88. The highest BCUT2D eigenvalue weighted by molar-refractivity contribution is 7.73. The summed E-state index contributed by atoms with van der Waals surface area (Å²) < 4.78 is 5.57. The first kappa shape index (κ1) is 15.1. The summed E-state index contributed by atoms with van der Waals surface area (Å²) in [5.74, 6) is 0.761. The highest BCUT2D eigenvalue weighted by Gasteiger charge is 2.04. The minimum absolute atomic E-state index is 0.384. The third kappa shape index (κ3) is 4.36. The fourth-order valence-corrected chi connectivity index (χ4v) is 2.22. The Morgan fingerprint density at radius 2 is 2.14 bits per heavy atom. The molecule has 1 aromatic heterocycles. The van der Waals surface area contributed by atoms with Gasteiger partial charge in [-0.15, -0.1) is 5.10 Å². The number of amides is 2. The van der Waals surface area contributed by atoms with E-state index in [-0.39, 0.29) is 0 Å². The lowest BCUT2D eigenvalue weighted by atomic mass is 10.1. The van der Waals surface area contributed by atoms with E-state index in [1.807, 2.05) is 24.3 Å². The number of carbonyl (C=O) groups excluding carboxylic acids is 1. The van der Waals surface area contributed by atoms with Gasteiger partial charge in [-0.25, -0.2) is 10.2 Å². The number of hydrazone groups is 1.